The van der Waals surface area contributed by atoms with Crippen molar-refractivity contribution in [3.05, 3.63) is 5.82 Å². The van der Waals surface area contributed by atoms with E-state index in [9.17, 15) is 4.79 Å². The predicted molar refractivity (Wildman–Crippen MR) is 74.7 cm³/mol. The van der Waals surface area contributed by atoms with Gasteiger partial charge in [-0.3, -0.25) is 10.2 Å². The molecular weight excluding hydrogens is 315 g/mol. The lowest BCUT2D eigenvalue weighted by atomic mass is 10.7. The molecule has 1 aliphatic rings. The number of carbonyl (C=O) groups excluding carboxylic acids is 1. The molecule has 1 aliphatic heterocycles. The smallest absolute Gasteiger partial charge is 0.249 e. The zero-order valence-corrected chi connectivity index (χ0v) is 13.0. The van der Waals surface area contributed by atoms with Gasteiger partial charge in [-0.1, -0.05) is 23.1 Å². The number of hydrogen-bond donors (Lipinski definition) is 1. The van der Waals surface area contributed by atoms with Gasteiger partial charge in [-0.15, -0.1) is 10.2 Å². The number of aromatic nitrogens is 3. The van der Waals surface area contributed by atoms with Crippen LogP contribution in [-0.2, 0) is 31.4 Å². The van der Waals surface area contributed by atoms with Crippen LogP contribution in [0.3, 0.4) is 0 Å². The summed E-state index contributed by atoms with van der Waals surface area (Å²) in [5.74, 6) is 1.38. The van der Waals surface area contributed by atoms with Crippen LogP contribution >= 0.6 is 28.8 Å². The third kappa shape index (κ3) is 3.06. The highest BCUT2D eigenvalue weighted by molar-refractivity contribution is 8.67. The van der Waals surface area contributed by atoms with E-state index in [2.05, 4.69) is 15.6 Å². The summed E-state index contributed by atoms with van der Waals surface area (Å²) < 4.78 is 11.9. The Balaban J connectivity index is 2.09. The number of fused-ring (bicyclic) bond motifs is 1. The van der Waals surface area contributed by atoms with E-state index in [1.807, 2.05) is 0 Å². The van der Waals surface area contributed by atoms with Crippen molar-refractivity contribution in [1.29, 1.82) is 0 Å². The minimum Gasteiger partial charge on any atom is -0.325 e. The molecule has 11 heteroatoms. The van der Waals surface area contributed by atoms with Crippen LogP contribution in [0.15, 0.2) is 5.16 Å². The van der Waals surface area contributed by atoms with Crippen LogP contribution in [0, 0.1) is 0 Å². The molecule has 0 spiro atoms. The van der Waals surface area contributed by atoms with Gasteiger partial charge < -0.3 is 9.05 Å². The van der Waals surface area contributed by atoms with Gasteiger partial charge in [0.2, 0.25) is 16.8 Å². The van der Waals surface area contributed by atoms with E-state index < -0.39 is 5.69 Å². The maximum atomic E-state index is 11.3. The Morgan fingerprint density at radius 2 is 2.28 bits per heavy atom. The maximum absolute atomic E-state index is 11.3. The molecule has 0 radical (unpaired) electrons. The molecule has 0 saturated heterocycles. The Morgan fingerprint density at radius 3 is 2.94 bits per heavy atom. The molecule has 100 valence electrons. The molecule has 7 nitrogen and oxygen atoms in total. The highest BCUT2D eigenvalue weighted by atomic mass is 32.9. The highest BCUT2D eigenvalue weighted by Gasteiger charge is 2.23. The number of thioether (sulfide) groups is 1. The summed E-state index contributed by atoms with van der Waals surface area (Å²) in [6, 6.07) is 0. The molecule has 18 heavy (non-hydrogen) atoms. The van der Waals surface area contributed by atoms with Crippen molar-refractivity contribution < 1.29 is 13.8 Å². The van der Waals surface area contributed by atoms with Crippen molar-refractivity contribution in [3.8, 4) is 0 Å². The summed E-state index contributed by atoms with van der Waals surface area (Å²) in [7, 11) is 3.04. The van der Waals surface area contributed by atoms with Gasteiger partial charge in [0.25, 0.3) is 0 Å². The van der Waals surface area contributed by atoms with E-state index >= 15 is 0 Å². The normalized spacial score (nSPS) is 15.3. The lowest BCUT2D eigenvalue weighted by Gasteiger charge is -2.18. The summed E-state index contributed by atoms with van der Waals surface area (Å²) in [5.41, 5.74) is 0.372. The molecule has 0 atom stereocenters. The first kappa shape index (κ1) is 14.3. The van der Waals surface area contributed by atoms with E-state index in [0.29, 0.717) is 22.5 Å². The van der Waals surface area contributed by atoms with Crippen LogP contribution in [-0.4, -0.2) is 40.8 Å². The Labute approximate surface area is 117 Å². The average Bonchev–Trinajstić information content (AvgIpc) is 2.78. The van der Waals surface area contributed by atoms with Gasteiger partial charge in [0.15, 0.2) is 5.82 Å². The average molecular weight is 326 g/mol. The van der Waals surface area contributed by atoms with Crippen LogP contribution in [0.25, 0.3) is 0 Å². The third-order valence-electron chi connectivity index (χ3n) is 2.07. The second-order valence-corrected chi connectivity index (χ2v) is 10.6. The summed E-state index contributed by atoms with van der Waals surface area (Å²) in [4.78, 5) is 11.3. The number of amides is 1. The van der Waals surface area contributed by atoms with Crippen LogP contribution in [0.2, 0.25) is 0 Å². The summed E-state index contributed by atoms with van der Waals surface area (Å²) in [6.45, 7) is 0. The van der Waals surface area contributed by atoms with E-state index in [4.69, 9.17) is 20.9 Å². The van der Waals surface area contributed by atoms with Crippen molar-refractivity contribution in [2.45, 2.75) is 10.9 Å². The van der Waals surface area contributed by atoms with Gasteiger partial charge in [0.05, 0.1) is 11.5 Å². The van der Waals surface area contributed by atoms with Crippen LogP contribution in [0.5, 0.6) is 0 Å². The fourth-order valence-corrected chi connectivity index (χ4v) is 4.65. The maximum Gasteiger partial charge on any atom is 0.249 e. The van der Waals surface area contributed by atoms with Crippen LogP contribution in [0.4, 0.5) is 0 Å². The van der Waals surface area contributed by atoms with Gasteiger partial charge in [-0.25, -0.2) is 4.68 Å². The monoisotopic (exact) mass is 326 g/mol. The largest absolute Gasteiger partial charge is 0.325 e. The predicted octanol–water partition coefficient (Wildman–Crippen LogP) is 1.20. The first-order valence-corrected chi connectivity index (χ1v) is 10.0. The van der Waals surface area contributed by atoms with Crippen molar-refractivity contribution in [2.24, 2.45) is 0 Å². The molecule has 1 amide bonds. The number of carbonyl (C=O) groups is 1. The van der Waals surface area contributed by atoms with E-state index in [1.165, 1.54) is 37.4 Å². The summed E-state index contributed by atoms with van der Waals surface area (Å²) >= 11 is 7.94. The molecule has 0 saturated carbocycles. The van der Waals surface area contributed by atoms with Crippen LogP contribution < -0.4 is 5.43 Å². The molecule has 2 rings (SSSR count). The van der Waals surface area contributed by atoms with Gasteiger partial charge >= 0.3 is 0 Å². The van der Waals surface area contributed by atoms with Crippen molar-refractivity contribution in [1.82, 2.24) is 14.9 Å². The Morgan fingerprint density at radius 1 is 1.56 bits per heavy atom. The molecule has 1 aromatic heterocycles. The zero-order chi connectivity index (χ0) is 13.2. The van der Waals surface area contributed by atoms with Crippen molar-refractivity contribution in [2.75, 3.05) is 25.4 Å². The molecule has 0 fully saturated rings. The lowest BCUT2D eigenvalue weighted by Crippen LogP contribution is -2.30. The fourth-order valence-electron chi connectivity index (χ4n) is 1.20. The first-order chi connectivity index (χ1) is 8.58. The third-order valence-corrected chi connectivity index (χ3v) is 8.67. The fraction of sp³-hybridized carbons (Fsp3) is 0.571. The Bertz CT molecular complexity index is 500. The Hall–Kier alpha value is -0.120. The molecule has 1 aromatic rings. The second kappa shape index (κ2) is 5.89. The second-order valence-electron chi connectivity index (χ2n) is 3.14. The minimum absolute atomic E-state index is 0.0727. The van der Waals surface area contributed by atoms with Gasteiger partial charge in [-0.2, -0.15) is 0 Å². The molecule has 0 unspecified atom stereocenters. The molecule has 2 heterocycles. The van der Waals surface area contributed by atoms with Crippen LogP contribution in [0.1, 0.15) is 5.82 Å². The SMILES string of the molecule is COP(=S)(OC)SCc1nnc2n1NC(=O)CS2. The van der Waals surface area contributed by atoms with Gasteiger partial charge in [0.1, 0.15) is 0 Å². The zero-order valence-electron chi connectivity index (χ0n) is 9.65. The topological polar surface area (TPSA) is 78.3 Å². The van der Waals surface area contributed by atoms with Gasteiger partial charge in [0, 0.05) is 14.2 Å². The molecular formula is C7H11N4O3PS3. The van der Waals surface area contributed by atoms with E-state index in [0.717, 1.165) is 0 Å². The summed E-state index contributed by atoms with van der Waals surface area (Å²) in [6.07, 6.45) is 0. The standard InChI is InChI=1S/C7H11N4O3PS3/c1-13-15(16,14-2)18-3-5-8-9-7-11(5)10-6(12)4-17-7/h3-4H2,1-2H3,(H,10,12). The quantitative estimate of drug-likeness (QED) is 0.809. The highest BCUT2D eigenvalue weighted by Crippen LogP contribution is 2.60. The minimum atomic E-state index is -2.32. The van der Waals surface area contributed by atoms with E-state index in [1.54, 1.807) is 4.68 Å². The first-order valence-electron chi connectivity index (χ1n) is 4.81. The molecule has 0 aliphatic carbocycles. The van der Waals surface area contributed by atoms with Crippen molar-refractivity contribution >= 4 is 46.6 Å². The molecule has 1 N–H and O–H groups in total. The van der Waals surface area contributed by atoms with E-state index in [-0.39, 0.29) is 5.91 Å². The molecule has 0 bridgehead atoms. The number of hydrogen-bond acceptors (Lipinski definition) is 8. The number of rotatable bonds is 5. The summed E-state index contributed by atoms with van der Waals surface area (Å²) in [5, 5.41) is 8.68. The lowest BCUT2D eigenvalue weighted by molar-refractivity contribution is -0.115. The van der Waals surface area contributed by atoms with Gasteiger partial charge in [-0.05, 0) is 11.8 Å². The van der Waals surface area contributed by atoms with Crippen molar-refractivity contribution in [3.63, 3.8) is 0 Å². The molecule has 0 aromatic carbocycles. The number of nitrogens with zero attached hydrogens (tertiary/aromatic N) is 3. The Kier molecular flexibility index (Phi) is 4.68. The number of nitrogens with one attached hydrogen (secondary N) is 1.